The zero-order valence-electron chi connectivity index (χ0n) is 17.3. The van der Waals surface area contributed by atoms with Gasteiger partial charge in [-0.1, -0.05) is 18.2 Å². The Morgan fingerprint density at radius 2 is 1.70 bits per heavy atom. The number of aromatic nitrogens is 2. The predicted molar refractivity (Wildman–Crippen MR) is 117 cm³/mol. The predicted octanol–water partition coefficient (Wildman–Crippen LogP) is 3.98. The van der Waals surface area contributed by atoms with Gasteiger partial charge in [0.1, 0.15) is 11.6 Å². The molecule has 1 aliphatic rings. The van der Waals surface area contributed by atoms with Gasteiger partial charge in [-0.3, -0.25) is 4.79 Å². The molecular formula is C22H23N3O4S. The Morgan fingerprint density at radius 3 is 2.37 bits per heavy atom. The van der Waals surface area contributed by atoms with Crippen LogP contribution in [-0.4, -0.2) is 42.8 Å². The van der Waals surface area contributed by atoms with Crippen molar-refractivity contribution in [1.29, 1.82) is 0 Å². The summed E-state index contributed by atoms with van der Waals surface area (Å²) in [5.41, 5.74) is 3.56. The first-order valence-corrected chi connectivity index (χ1v) is 10.5. The molecule has 0 aliphatic carbocycles. The van der Waals surface area contributed by atoms with E-state index < -0.39 is 0 Å². The first kappa shape index (κ1) is 20.2. The fraction of sp³-hybridized carbons (Fsp3) is 0.273. The van der Waals surface area contributed by atoms with Crippen molar-refractivity contribution < 1.29 is 19.0 Å². The van der Waals surface area contributed by atoms with Gasteiger partial charge in [0.25, 0.3) is 0 Å². The highest BCUT2D eigenvalue weighted by atomic mass is 32.2. The number of thioether (sulfide) groups is 1. The van der Waals surface area contributed by atoms with E-state index in [0.717, 1.165) is 22.5 Å². The summed E-state index contributed by atoms with van der Waals surface area (Å²) in [5.74, 6) is 2.77. The maximum absolute atomic E-state index is 12.5. The number of carbonyl (C=O) groups excluding carboxylic acids is 1. The van der Waals surface area contributed by atoms with E-state index in [0.29, 0.717) is 28.8 Å². The number of fused-ring (bicyclic) bond motifs is 1. The van der Waals surface area contributed by atoms with Crippen molar-refractivity contribution >= 4 is 23.5 Å². The van der Waals surface area contributed by atoms with Crippen molar-refractivity contribution in [1.82, 2.24) is 9.78 Å². The molecule has 1 amide bonds. The second kappa shape index (κ2) is 8.31. The van der Waals surface area contributed by atoms with E-state index in [4.69, 9.17) is 19.3 Å². The average Bonchev–Trinajstić information content (AvgIpc) is 2.98. The van der Waals surface area contributed by atoms with Crippen molar-refractivity contribution in [3.05, 3.63) is 59.3 Å². The van der Waals surface area contributed by atoms with Crippen molar-refractivity contribution in [3.63, 3.8) is 0 Å². The summed E-state index contributed by atoms with van der Waals surface area (Å²) < 4.78 is 18.4. The minimum absolute atomic E-state index is 0.0692. The van der Waals surface area contributed by atoms with Gasteiger partial charge < -0.3 is 19.5 Å². The number of amides is 1. The zero-order valence-corrected chi connectivity index (χ0v) is 18.1. The fourth-order valence-electron chi connectivity index (χ4n) is 3.64. The van der Waals surface area contributed by atoms with Gasteiger partial charge in [-0.15, -0.1) is 11.8 Å². The molecule has 0 unspecified atom stereocenters. The lowest BCUT2D eigenvalue weighted by Gasteiger charge is -2.20. The molecule has 2 heterocycles. The highest BCUT2D eigenvalue weighted by Gasteiger charge is 2.33. The highest BCUT2D eigenvalue weighted by molar-refractivity contribution is 8.00. The van der Waals surface area contributed by atoms with E-state index in [1.807, 2.05) is 49.4 Å². The molecule has 0 saturated heterocycles. The molecule has 2 aromatic carbocycles. The Morgan fingerprint density at radius 1 is 1.03 bits per heavy atom. The largest absolute Gasteiger partial charge is 0.496 e. The van der Waals surface area contributed by atoms with E-state index in [2.05, 4.69) is 5.32 Å². The smallest absolute Gasteiger partial charge is 0.235 e. The maximum Gasteiger partial charge on any atom is 0.235 e. The van der Waals surface area contributed by atoms with Crippen LogP contribution in [0.5, 0.6) is 17.2 Å². The molecule has 7 nitrogen and oxygen atoms in total. The summed E-state index contributed by atoms with van der Waals surface area (Å²) in [5, 5.41) is 7.61. The number of hydrogen-bond donors (Lipinski definition) is 1. The third-order valence-electron chi connectivity index (χ3n) is 5.03. The third kappa shape index (κ3) is 3.47. The van der Waals surface area contributed by atoms with E-state index >= 15 is 0 Å². The number of ether oxygens (including phenoxy) is 3. The Kier molecular flexibility index (Phi) is 5.59. The van der Waals surface area contributed by atoms with E-state index in [-0.39, 0.29) is 11.2 Å². The number of aryl methyl sites for hydroxylation is 1. The molecule has 1 aliphatic heterocycles. The fourth-order valence-corrected chi connectivity index (χ4v) is 4.85. The van der Waals surface area contributed by atoms with Crippen LogP contribution in [-0.2, 0) is 4.79 Å². The van der Waals surface area contributed by atoms with Crippen LogP contribution in [0.25, 0.3) is 5.69 Å². The summed E-state index contributed by atoms with van der Waals surface area (Å²) >= 11 is 1.53. The molecule has 156 valence electrons. The number of rotatable bonds is 5. The molecule has 1 atom stereocenters. The van der Waals surface area contributed by atoms with Crippen LogP contribution in [0.1, 0.15) is 22.1 Å². The minimum atomic E-state index is -0.175. The van der Waals surface area contributed by atoms with Crippen LogP contribution < -0.4 is 19.5 Å². The number of benzene rings is 2. The zero-order chi connectivity index (χ0) is 21.3. The molecule has 0 fully saturated rings. The molecule has 0 radical (unpaired) electrons. The molecular weight excluding hydrogens is 402 g/mol. The molecule has 1 N–H and O–H groups in total. The van der Waals surface area contributed by atoms with Crippen molar-refractivity contribution in [3.8, 4) is 22.9 Å². The van der Waals surface area contributed by atoms with Crippen LogP contribution in [0.2, 0.25) is 0 Å². The number of nitrogens with one attached hydrogen (secondary N) is 1. The van der Waals surface area contributed by atoms with Gasteiger partial charge >= 0.3 is 0 Å². The summed E-state index contributed by atoms with van der Waals surface area (Å²) in [7, 11) is 4.81. The lowest BCUT2D eigenvalue weighted by Crippen LogP contribution is -2.15. The first-order valence-electron chi connectivity index (χ1n) is 9.43. The van der Waals surface area contributed by atoms with Crippen molar-refractivity contribution in [2.75, 3.05) is 32.4 Å². The van der Waals surface area contributed by atoms with E-state index in [1.54, 1.807) is 26.0 Å². The molecule has 1 aromatic heterocycles. The van der Waals surface area contributed by atoms with Crippen LogP contribution >= 0.6 is 11.8 Å². The molecule has 4 rings (SSSR count). The third-order valence-corrected chi connectivity index (χ3v) is 6.28. The second-order valence-electron chi connectivity index (χ2n) is 6.78. The van der Waals surface area contributed by atoms with Gasteiger partial charge in [0.2, 0.25) is 5.91 Å². The Balaban J connectivity index is 1.92. The van der Waals surface area contributed by atoms with Gasteiger partial charge in [-0.25, -0.2) is 4.68 Å². The quantitative estimate of drug-likeness (QED) is 0.667. The summed E-state index contributed by atoms with van der Waals surface area (Å²) in [6, 6.07) is 13.5. The monoisotopic (exact) mass is 425 g/mol. The molecule has 8 heteroatoms. The SMILES string of the molecule is COc1cc(OC)c([C@H]2SCC(=O)Nc3c2c(C)nn3-c2ccccc2)cc1OC. The number of hydrogen-bond acceptors (Lipinski definition) is 6. The van der Waals surface area contributed by atoms with Crippen LogP contribution in [0.4, 0.5) is 5.82 Å². The lowest BCUT2D eigenvalue weighted by atomic mass is 10.0. The number of carbonyl (C=O) groups is 1. The Labute approximate surface area is 179 Å². The van der Waals surface area contributed by atoms with Gasteiger partial charge in [0, 0.05) is 17.2 Å². The first-order chi connectivity index (χ1) is 14.6. The molecule has 30 heavy (non-hydrogen) atoms. The van der Waals surface area contributed by atoms with Gasteiger partial charge in [-0.2, -0.15) is 5.10 Å². The van der Waals surface area contributed by atoms with Crippen molar-refractivity contribution in [2.45, 2.75) is 12.2 Å². The molecule has 0 saturated carbocycles. The summed E-state index contributed by atoms with van der Waals surface area (Å²) in [6.07, 6.45) is 0. The van der Waals surface area contributed by atoms with E-state index in [1.165, 1.54) is 11.8 Å². The minimum Gasteiger partial charge on any atom is -0.496 e. The summed E-state index contributed by atoms with van der Waals surface area (Å²) in [4.78, 5) is 12.5. The van der Waals surface area contributed by atoms with Gasteiger partial charge in [0.05, 0.1) is 43.7 Å². The molecule has 0 spiro atoms. The number of nitrogens with zero attached hydrogens (tertiary/aromatic N) is 2. The van der Waals surface area contributed by atoms with Gasteiger partial charge in [-0.05, 0) is 25.1 Å². The number of methoxy groups -OCH3 is 3. The highest BCUT2D eigenvalue weighted by Crippen LogP contribution is 2.49. The Hall–Kier alpha value is -3.13. The normalized spacial score (nSPS) is 15.7. The molecule has 3 aromatic rings. The topological polar surface area (TPSA) is 74.6 Å². The molecule has 0 bridgehead atoms. The summed E-state index contributed by atoms with van der Waals surface area (Å²) in [6.45, 7) is 1.95. The average molecular weight is 426 g/mol. The number of anilines is 1. The van der Waals surface area contributed by atoms with Crippen LogP contribution in [0.3, 0.4) is 0 Å². The Bertz CT molecular complexity index is 1080. The van der Waals surface area contributed by atoms with Crippen LogP contribution in [0.15, 0.2) is 42.5 Å². The van der Waals surface area contributed by atoms with Gasteiger partial charge in [0.15, 0.2) is 11.5 Å². The lowest BCUT2D eigenvalue weighted by molar-refractivity contribution is -0.113. The van der Waals surface area contributed by atoms with E-state index in [9.17, 15) is 4.79 Å². The van der Waals surface area contributed by atoms with Crippen molar-refractivity contribution in [2.24, 2.45) is 0 Å². The standard InChI is InChI=1S/C22H23N3O4S/c1-13-20-21(15-10-17(28-3)18(29-4)11-16(15)27-2)30-12-19(26)23-22(20)25(24-13)14-8-6-5-7-9-14/h5-11,21H,12H2,1-4H3,(H,23,26)/t21-/m1/s1. The maximum atomic E-state index is 12.5. The van der Waals surface area contributed by atoms with Crippen LogP contribution in [0, 0.1) is 6.92 Å². The number of para-hydroxylation sites is 1. The second-order valence-corrected chi connectivity index (χ2v) is 7.88.